The first kappa shape index (κ1) is 17.3. The molecular weight excluding hydrogens is 342 g/mol. The van der Waals surface area contributed by atoms with Crippen LogP contribution in [0.25, 0.3) is 5.69 Å². The second-order valence-electron chi connectivity index (χ2n) is 5.65. The Morgan fingerprint density at radius 3 is 2.56 bits per heavy atom. The maximum absolute atomic E-state index is 13.9. The van der Waals surface area contributed by atoms with Crippen LogP contribution in [0, 0.1) is 5.82 Å². The highest BCUT2D eigenvalue weighted by atomic mass is 19.4. The van der Waals surface area contributed by atoms with Crippen molar-refractivity contribution in [1.29, 1.82) is 0 Å². The summed E-state index contributed by atoms with van der Waals surface area (Å²) in [5.74, 6) is -1.87. The van der Waals surface area contributed by atoms with Gasteiger partial charge in [-0.25, -0.2) is 9.07 Å². The Morgan fingerprint density at radius 1 is 1.24 bits per heavy atom. The first-order valence-corrected chi connectivity index (χ1v) is 7.67. The predicted molar refractivity (Wildman–Crippen MR) is 79.7 cm³/mol. The van der Waals surface area contributed by atoms with Crippen LogP contribution in [0.4, 0.5) is 17.6 Å². The summed E-state index contributed by atoms with van der Waals surface area (Å²) in [5, 5.41) is 12.4. The molecule has 0 radical (unpaired) electrons. The summed E-state index contributed by atoms with van der Waals surface area (Å²) in [6.45, 7) is 1.33. The minimum Gasteiger partial charge on any atom is -0.348 e. The fraction of sp³-hybridized carbons (Fsp3) is 0.400. The molecule has 2 N–H and O–H groups in total. The third-order valence-corrected chi connectivity index (χ3v) is 3.91. The Morgan fingerprint density at radius 2 is 1.92 bits per heavy atom. The number of alkyl halides is 3. The van der Waals surface area contributed by atoms with Crippen molar-refractivity contribution >= 4 is 5.91 Å². The van der Waals surface area contributed by atoms with Crippen molar-refractivity contribution < 1.29 is 22.4 Å². The Labute approximate surface area is 140 Å². The summed E-state index contributed by atoms with van der Waals surface area (Å²) in [4.78, 5) is 12.3. The molecule has 1 aromatic heterocycles. The number of nitrogens with zero attached hydrogens (tertiary/aromatic N) is 3. The highest BCUT2D eigenvalue weighted by Gasteiger charge is 2.42. The average Bonchev–Trinajstić information content (AvgIpc) is 3.01. The number of carbonyl (C=O) groups excluding carboxylic acids is 1. The van der Waals surface area contributed by atoms with Crippen LogP contribution in [-0.4, -0.2) is 40.0 Å². The van der Waals surface area contributed by atoms with Gasteiger partial charge in [0, 0.05) is 6.04 Å². The number of benzene rings is 1. The van der Waals surface area contributed by atoms with E-state index in [1.807, 2.05) is 0 Å². The predicted octanol–water partition coefficient (Wildman–Crippen LogP) is 1.91. The van der Waals surface area contributed by atoms with Gasteiger partial charge in [0.1, 0.15) is 11.5 Å². The standard InChI is InChI=1S/C15H15F4N5O/c16-10-3-1-2-4-11(10)24-13(15(17,18)19)12(22-23-24)14(25)21-9-5-7-20-8-6-9/h1-4,9,20H,5-8H2,(H,21,25). The quantitative estimate of drug-likeness (QED) is 0.824. The van der Waals surface area contributed by atoms with Crippen LogP contribution in [0.1, 0.15) is 29.0 Å². The van der Waals surface area contributed by atoms with Crippen molar-refractivity contribution in [2.45, 2.75) is 25.1 Å². The smallest absolute Gasteiger partial charge is 0.348 e. The van der Waals surface area contributed by atoms with E-state index >= 15 is 0 Å². The van der Waals surface area contributed by atoms with Gasteiger partial charge < -0.3 is 10.6 Å². The third kappa shape index (κ3) is 3.63. The van der Waals surface area contributed by atoms with E-state index in [0.717, 1.165) is 12.1 Å². The van der Waals surface area contributed by atoms with E-state index in [0.29, 0.717) is 30.6 Å². The fourth-order valence-electron chi connectivity index (χ4n) is 2.70. The van der Waals surface area contributed by atoms with Gasteiger partial charge in [0.15, 0.2) is 11.4 Å². The van der Waals surface area contributed by atoms with Gasteiger partial charge in [-0.15, -0.1) is 5.10 Å². The molecule has 6 nitrogen and oxygen atoms in total. The Kier molecular flexibility index (Phi) is 4.71. The van der Waals surface area contributed by atoms with E-state index in [9.17, 15) is 22.4 Å². The second kappa shape index (κ2) is 6.79. The van der Waals surface area contributed by atoms with E-state index in [1.54, 1.807) is 0 Å². The van der Waals surface area contributed by atoms with Crippen molar-refractivity contribution in [2.24, 2.45) is 0 Å². The molecular formula is C15H15F4N5O. The van der Waals surface area contributed by atoms with Crippen LogP contribution in [0.5, 0.6) is 0 Å². The first-order valence-electron chi connectivity index (χ1n) is 7.67. The SMILES string of the molecule is O=C(NC1CCNCC1)c1nnn(-c2ccccc2F)c1C(F)(F)F. The average molecular weight is 357 g/mol. The number of amides is 1. The van der Waals surface area contributed by atoms with Crippen molar-refractivity contribution in [1.82, 2.24) is 25.6 Å². The molecule has 2 heterocycles. The fourth-order valence-corrected chi connectivity index (χ4v) is 2.70. The maximum Gasteiger partial charge on any atom is 0.435 e. The number of aromatic nitrogens is 3. The summed E-state index contributed by atoms with van der Waals surface area (Å²) in [6, 6.07) is 4.61. The molecule has 1 aromatic carbocycles. The van der Waals surface area contributed by atoms with E-state index in [4.69, 9.17) is 0 Å². The lowest BCUT2D eigenvalue weighted by molar-refractivity contribution is -0.143. The van der Waals surface area contributed by atoms with E-state index in [-0.39, 0.29) is 6.04 Å². The lowest BCUT2D eigenvalue weighted by atomic mass is 10.1. The molecule has 0 unspecified atom stereocenters. The number of rotatable bonds is 3. The number of hydrogen-bond acceptors (Lipinski definition) is 4. The van der Waals surface area contributed by atoms with Crippen molar-refractivity contribution in [3.8, 4) is 5.69 Å². The molecule has 0 bridgehead atoms. The zero-order valence-electron chi connectivity index (χ0n) is 13.0. The van der Waals surface area contributed by atoms with Crippen LogP contribution in [0.3, 0.4) is 0 Å². The molecule has 0 aliphatic carbocycles. The largest absolute Gasteiger partial charge is 0.435 e. The Bertz CT molecular complexity index is 768. The summed E-state index contributed by atoms with van der Waals surface area (Å²) in [5.41, 5.74) is -2.69. The van der Waals surface area contributed by atoms with Gasteiger partial charge >= 0.3 is 6.18 Å². The molecule has 134 valence electrons. The number of halogens is 4. The van der Waals surface area contributed by atoms with Gasteiger partial charge in [-0.3, -0.25) is 4.79 Å². The van der Waals surface area contributed by atoms with Crippen molar-refractivity contribution in [2.75, 3.05) is 13.1 Å². The van der Waals surface area contributed by atoms with Gasteiger partial charge in [-0.05, 0) is 38.1 Å². The molecule has 1 aliphatic heterocycles. The molecule has 10 heteroatoms. The second-order valence-corrected chi connectivity index (χ2v) is 5.65. The van der Waals surface area contributed by atoms with Crippen LogP contribution >= 0.6 is 0 Å². The van der Waals surface area contributed by atoms with Gasteiger partial charge in [0.2, 0.25) is 0 Å². The van der Waals surface area contributed by atoms with Gasteiger partial charge in [-0.2, -0.15) is 13.2 Å². The highest BCUT2D eigenvalue weighted by Crippen LogP contribution is 2.33. The minimum atomic E-state index is -4.92. The number of piperidine rings is 1. The van der Waals surface area contributed by atoms with Crippen molar-refractivity contribution in [3.05, 3.63) is 41.5 Å². The molecule has 2 aromatic rings. The van der Waals surface area contributed by atoms with Crippen LogP contribution < -0.4 is 10.6 Å². The van der Waals surface area contributed by atoms with E-state index in [2.05, 4.69) is 20.9 Å². The number of hydrogen-bond donors (Lipinski definition) is 2. The summed E-state index contributed by atoms with van der Waals surface area (Å²) < 4.78 is 54.6. The van der Waals surface area contributed by atoms with E-state index < -0.39 is 35.0 Å². The molecule has 3 rings (SSSR count). The molecule has 25 heavy (non-hydrogen) atoms. The Hall–Kier alpha value is -2.49. The minimum absolute atomic E-state index is 0.242. The van der Waals surface area contributed by atoms with Gasteiger partial charge in [-0.1, -0.05) is 17.3 Å². The summed E-state index contributed by atoms with van der Waals surface area (Å²) in [7, 11) is 0. The van der Waals surface area contributed by atoms with Crippen LogP contribution in [0.2, 0.25) is 0 Å². The molecule has 1 aliphatic rings. The summed E-state index contributed by atoms with van der Waals surface area (Å²) >= 11 is 0. The summed E-state index contributed by atoms with van der Waals surface area (Å²) in [6.07, 6.45) is -3.71. The monoisotopic (exact) mass is 357 g/mol. The normalized spacial score (nSPS) is 16.0. The van der Waals surface area contributed by atoms with Gasteiger partial charge in [0.05, 0.1) is 0 Å². The molecule has 1 saturated heterocycles. The third-order valence-electron chi connectivity index (χ3n) is 3.91. The molecule has 1 amide bonds. The first-order chi connectivity index (χ1) is 11.9. The van der Waals surface area contributed by atoms with Gasteiger partial charge in [0.25, 0.3) is 5.91 Å². The topological polar surface area (TPSA) is 71.8 Å². The van der Waals surface area contributed by atoms with E-state index in [1.165, 1.54) is 12.1 Å². The lowest BCUT2D eigenvalue weighted by Gasteiger charge is -2.23. The molecule has 0 saturated carbocycles. The number of para-hydroxylation sites is 1. The molecule has 0 atom stereocenters. The Balaban J connectivity index is 1.97. The molecule has 0 spiro atoms. The zero-order valence-corrected chi connectivity index (χ0v) is 13.0. The van der Waals surface area contributed by atoms with Crippen LogP contribution in [-0.2, 0) is 6.18 Å². The zero-order chi connectivity index (χ0) is 18.0. The highest BCUT2D eigenvalue weighted by molar-refractivity contribution is 5.93. The lowest BCUT2D eigenvalue weighted by Crippen LogP contribution is -2.43. The number of carbonyl (C=O) groups is 1. The number of nitrogens with one attached hydrogen (secondary N) is 2. The van der Waals surface area contributed by atoms with Crippen LogP contribution in [0.15, 0.2) is 24.3 Å². The molecule has 1 fully saturated rings. The maximum atomic E-state index is 13.9. The van der Waals surface area contributed by atoms with Crippen molar-refractivity contribution in [3.63, 3.8) is 0 Å².